The Morgan fingerprint density at radius 1 is 0.520 bits per heavy atom. The van der Waals surface area contributed by atoms with Crippen molar-refractivity contribution in [3.05, 3.63) is 192 Å². The topological polar surface area (TPSA) is 0 Å². The van der Waals surface area contributed by atoms with E-state index < -0.39 is 0 Å². The molecule has 0 amide bonds. The van der Waals surface area contributed by atoms with Crippen LogP contribution in [0.1, 0.15) is 75.3 Å². The first-order valence-corrected chi connectivity index (χ1v) is 18.6. The van der Waals surface area contributed by atoms with E-state index in [-0.39, 0.29) is 0 Å². The molecule has 0 radical (unpaired) electrons. The van der Waals surface area contributed by atoms with Crippen molar-refractivity contribution >= 4 is 21.5 Å². The molecule has 0 aliphatic heterocycles. The Morgan fingerprint density at radius 2 is 0.980 bits per heavy atom. The molecule has 0 heteroatoms. The average Bonchev–Trinajstić information content (AvgIpc) is 3.16. The Bertz CT molecular complexity index is 1770. The lowest BCUT2D eigenvalue weighted by molar-refractivity contribution is 0.428. The lowest BCUT2D eigenvalue weighted by atomic mass is 9.83. The molecule has 1 aliphatic carbocycles. The third-order valence-corrected chi connectivity index (χ3v) is 8.33. The van der Waals surface area contributed by atoms with Crippen molar-refractivity contribution in [3.63, 3.8) is 0 Å². The van der Waals surface area contributed by atoms with Crippen LogP contribution in [0.5, 0.6) is 0 Å². The van der Waals surface area contributed by atoms with Gasteiger partial charge in [-0.2, -0.15) is 0 Å². The summed E-state index contributed by atoms with van der Waals surface area (Å²) in [7, 11) is 0. The summed E-state index contributed by atoms with van der Waals surface area (Å²) in [6.45, 7) is 19.0. The van der Waals surface area contributed by atoms with Crippen molar-refractivity contribution in [2.45, 2.75) is 81.6 Å². The van der Waals surface area contributed by atoms with E-state index in [9.17, 15) is 0 Å². The Morgan fingerprint density at radius 3 is 1.48 bits per heavy atom. The number of hydrogen-bond acceptors (Lipinski definition) is 0. The summed E-state index contributed by atoms with van der Waals surface area (Å²) in [5, 5.41) is 5.45. The van der Waals surface area contributed by atoms with Crippen molar-refractivity contribution < 1.29 is 0 Å². The molecular formula is C50H62. The predicted octanol–water partition coefficient (Wildman–Crippen LogP) is 15.0. The minimum atomic E-state index is 0.684. The van der Waals surface area contributed by atoms with Gasteiger partial charge in [-0.25, -0.2) is 0 Å². The molecule has 0 spiro atoms. The van der Waals surface area contributed by atoms with Gasteiger partial charge in [0.2, 0.25) is 0 Å². The van der Waals surface area contributed by atoms with Crippen molar-refractivity contribution in [2.75, 3.05) is 0 Å². The molecule has 50 heavy (non-hydrogen) atoms. The second kappa shape index (κ2) is 24.5. The maximum Gasteiger partial charge on any atom is -0.0152 e. The van der Waals surface area contributed by atoms with Gasteiger partial charge in [0.25, 0.3) is 0 Å². The molecule has 6 aromatic carbocycles. The lowest BCUT2D eigenvalue weighted by Gasteiger charge is -2.22. The normalized spacial score (nSPS) is 12.9. The van der Waals surface area contributed by atoms with Crippen LogP contribution in [0.2, 0.25) is 0 Å². The zero-order valence-corrected chi connectivity index (χ0v) is 32.4. The summed E-state index contributed by atoms with van der Waals surface area (Å²) in [6, 6.07) is 48.9. The zero-order chi connectivity index (χ0) is 36.6. The van der Waals surface area contributed by atoms with Crippen LogP contribution in [-0.4, -0.2) is 0 Å². The summed E-state index contributed by atoms with van der Waals surface area (Å²) in [5.41, 5.74) is 6.81. The molecule has 0 saturated carbocycles. The van der Waals surface area contributed by atoms with Gasteiger partial charge in [0.1, 0.15) is 0 Å². The molecule has 0 bridgehead atoms. The van der Waals surface area contributed by atoms with Crippen molar-refractivity contribution in [1.82, 2.24) is 0 Å². The highest BCUT2D eigenvalue weighted by Gasteiger charge is 2.16. The summed E-state index contributed by atoms with van der Waals surface area (Å²) < 4.78 is 0. The number of hydrogen-bond donors (Lipinski definition) is 0. The highest BCUT2D eigenvalue weighted by Crippen LogP contribution is 2.27. The van der Waals surface area contributed by atoms with Crippen LogP contribution in [-0.2, 0) is 6.42 Å². The minimum Gasteiger partial charge on any atom is -0.0840 e. The summed E-state index contributed by atoms with van der Waals surface area (Å²) in [6.07, 6.45) is 12.6. The third-order valence-electron chi connectivity index (χ3n) is 8.33. The second-order valence-corrected chi connectivity index (χ2v) is 12.8. The number of allylic oxidation sites excluding steroid dienone is 4. The van der Waals surface area contributed by atoms with Crippen LogP contribution in [0.25, 0.3) is 21.5 Å². The Hall–Kier alpha value is -4.68. The van der Waals surface area contributed by atoms with E-state index in [0.717, 1.165) is 6.42 Å². The molecule has 0 N–H and O–H groups in total. The largest absolute Gasteiger partial charge is 0.0840 e. The van der Waals surface area contributed by atoms with E-state index >= 15 is 0 Å². The first-order chi connectivity index (χ1) is 24.3. The average molecular weight is 663 g/mol. The molecule has 1 aliphatic rings. The molecule has 2 unspecified atom stereocenters. The fourth-order valence-electron chi connectivity index (χ4n) is 5.55. The van der Waals surface area contributed by atoms with E-state index in [2.05, 4.69) is 194 Å². The van der Waals surface area contributed by atoms with Gasteiger partial charge in [0.15, 0.2) is 0 Å². The maximum atomic E-state index is 2.37. The van der Waals surface area contributed by atoms with Crippen LogP contribution < -0.4 is 0 Å². The summed E-state index contributed by atoms with van der Waals surface area (Å²) in [5.74, 6) is 1.37. The van der Waals surface area contributed by atoms with Gasteiger partial charge >= 0.3 is 0 Å². The van der Waals surface area contributed by atoms with Gasteiger partial charge in [-0.05, 0) is 85.0 Å². The van der Waals surface area contributed by atoms with E-state index in [1.54, 1.807) is 0 Å². The van der Waals surface area contributed by atoms with Crippen LogP contribution in [0.15, 0.2) is 164 Å². The second-order valence-electron chi connectivity index (χ2n) is 12.8. The lowest BCUT2D eigenvalue weighted by Crippen LogP contribution is -2.12. The number of rotatable bonds is 3. The number of benzene rings is 6. The first-order valence-electron chi connectivity index (χ1n) is 18.6. The molecular weight excluding hydrogens is 601 g/mol. The summed E-state index contributed by atoms with van der Waals surface area (Å²) >= 11 is 0. The molecule has 7 rings (SSSR count). The highest BCUT2D eigenvalue weighted by molar-refractivity contribution is 5.86. The molecule has 0 saturated heterocycles. The molecule has 0 fully saturated rings. The van der Waals surface area contributed by atoms with Crippen LogP contribution in [0.4, 0.5) is 0 Å². The number of fused-ring (bicyclic) bond motifs is 2. The Balaban J connectivity index is 0.000000238. The van der Waals surface area contributed by atoms with E-state index in [4.69, 9.17) is 0 Å². The van der Waals surface area contributed by atoms with Crippen molar-refractivity contribution in [2.24, 2.45) is 11.8 Å². The van der Waals surface area contributed by atoms with Gasteiger partial charge in [-0.1, -0.05) is 222 Å². The SMILES string of the molecule is CC.CC(Cc1cccc2ccccc12)C1C=CC=CC1.CCC.Cc1ccc(C)cc1.Cc1cccc2ccccc12.Cc1ccccc1. The number of aryl methyl sites for hydroxylation is 4. The molecule has 0 heterocycles. The molecule has 2 atom stereocenters. The van der Waals surface area contributed by atoms with Gasteiger partial charge in [0, 0.05) is 0 Å². The van der Waals surface area contributed by atoms with Crippen molar-refractivity contribution in [3.8, 4) is 0 Å². The molecule has 0 aromatic heterocycles. The minimum absolute atomic E-state index is 0.684. The monoisotopic (exact) mass is 662 g/mol. The van der Waals surface area contributed by atoms with Gasteiger partial charge < -0.3 is 0 Å². The predicted molar refractivity (Wildman–Crippen MR) is 226 cm³/mol. The van der Waals surface area contributed by atoms with E-state index in [1.807, 2.05) is 32.0 Å². The van der Waals surface area contributed by atoms with Crippen LogP contribution in [0, 0.1) is 39.5 Å². The van der Waals surface area contributed by atoms with Gasteiger partial charge in [0.05, 0.1) is 0 Å². The quantitative estimate of drug-likeness (QED) is 0.177. The Labute approximate surface area is 305 Å². The zero-order valence-electron chi connectivity index (χ0n) is 32.4. The van der Waals surface area contributed by atoms with Gasteiger partial charge in [-0.15, -0.1) is 0 Å². The third kappa shape index (κ3) is 15.3. The van der Waals surface area contributed by atoms with Crippen LogP contribution >= 0.6 is 0 Å². The Kier molecular flexibility index (Phi) is 20.3. The van der Waals surface area contributed by atoms with Crippen LogP contribution in [0.3, 0.4) is 0 Å². The van der Waals surface area contributed by atoms with Gasteiger partial charge in [-0.3, -0.25) is 0 Å². The summed E-state index contributed by atoms with van der Waals surface area (Å²) in [4.78, 5) is 0. The smallest absolute Gasteiger partial charge is 0.0152 e. The standard InChI is InChI=1S/C19H20.C11H10.C8H10.C7H8.C3H8.C2H6/c1-15(16-8-3-2-4-9-16)14-18-12-7-11-17-10-5-6-13-19(17)18;1-9-5-4-7-10-6-2-3-8-11(9)10;1-7-3-5-8(2)6-4-7;1-7-5-3-2-4-6-7;1-3-2;1-2/h2-8,10-13,15-16H,9,14H2,1H3;2-8H,1H3;3-6H,1-2H3;2-6H,1H3;3H2,1-2H3;1-2H3. The van der Waals surface area contributed by atoms with E-state index in [0.29, 0.717) is 11.8 Å². The fraction of sp³-hybridized carbons (Fsp3) is 0.280. The molecule has 0 nitrogen and oxygen atoms in total. The first kappa shape index (κ1) is 41.5. The van der Waals surface area contributed by atoms with E-state index in [1.165, 1.54) is 62.2 Å². The fourth-order valence-corrected chi connectivity index (χ4v) is 5.55. The highest BCUT2D eigenvalue weighted by atomic mass is 14.2. The molecule has 6 aromatic rings. The maximum absolute atomic E-state index is 2.37. The van der Waals surface area contributed by atoms with Crippen molar-refractivity contribution in [1.29, 1.82) is 0 Å². The molecule has 262 valence electrons.